The van der Waals surface area contributed by atoms with Crippen LogP contribution < -0.4 is 10.7 Å². The van der Waals surface area contributed by atoms with Crippen molar-refractivity contribution in [3.05, 3.63) is 34.0 Å². The van der Waals surface area contributed by atoms with Crippen molar-refractivity contribution < 1.29 is 10.1 Å². The Labute approximate surface area is 78.9 Å². The molecule has 1 aromatic rings. The Kier molecular flexibility index (Phi) is 1.75. The molecular formula is C7H6ClN3O2. The molecule has 1 heterocycles. The second-order valence-electron chi connectivity index (χ2n) is 2.57. The van der Waals surface area contributed by atoms with Gasteiger partial charge >= 0.3 is 0 Å². The summed E-state index contributed by atoms with van der Waals surface area (Å²) in [6.45, 7) is 0. The Morgan fingerprint density at radius 3 is 3.08 bits per heavy atom. The minimum atomic E-state index is 0.399. The van der Waals surface area contributed by atoms with Crippen LogP contribution in [-0.4, -0.2) is 16.3 Å². The summed E-state index contributed by atoms with van der Waals surface area (Å²) in [7, 11) is 0. The molecule has 0 aromatic heterocycles. The van der Waals surface area contributed by atoms with E-state index < -0.39 is 0 Å². The number of rotatable bonds is 0. The van der Waals surface area contributed by atoms with Crippen LogP contribution in [0.5, 0.6) is 0 Å². The van der Waals surface area contributed by atoms with Gasteiger partial charge in [-0.2, -0.15) is 0 Å². The molecule has 0 atom stereocenters. The first-order valence-corrected chi connectivity index (χ1v) is 3.91. The molecular weight excluding hydrogens is 194 g/mol. The number of hydrazine groups is 2. The maximum Gasteiger partial charge on any atom is 0.218 e. The van der Waals surface area contributed by atoms with Crippen LogP contribution in [0.2, 0.25) is 5.02 Å². The molecule has 0 saturated carbocycles. The third-order valence-corrected chi connectivity index (χ3v) is 1.91. The molecule has 68 valence electrons. The highest BCUT2D eigenvalue weighted by atomic mass is 35.5. The molecule has 13 heavy (non-hydrogen) atoms. The third kappa shape index (κ3) is 1.39. The summed E-state index contributed by atoms with van der Waals surface area (Å²) in [6.07, 6.45) is 1.30. The molecule has 2 rings (SSSR count). The van der Waals surface area contributed by atoms with E-state index in [1.54, 1.807) is 18.2 Å². The largest absolute Gasteiger partial charge is 0.595 e. The van der Waals surface area contributed by atoms with Crippen molar-refractivity contribution in [2.75, 3.05) is 5.17 Å². The highest BCUT2D eigenvalue weighted by Gasteiger charge is 2.17. The molecule has 2 N–H and O–H groups in total. The third-order valence-electron chi connectivity index (χ3n) is 1.67. The maximum absolute atomic E-state index is 10.8. The molecule has 0 radical (unpaired) electrons. The van der Waals surface area contributed by atoms with Gasteiger partial charge in [-0.1, -0.05) is 22.0 Å². The van der Waals surface area contributed by atoms with Crippen LogP contribution in [0.3, 0.4) is 0 Å². The topological polar surface area (TPSA) is 61.6 Å². The number of hydrazone groups is 1. The van der Waals surface area contributed by atoms with Crippen molar-refractivity contribution in [1.29, 1.82) is 0 Å². The van der Waals surface area contributed by atoms with Crippen LogP contribution in [0.4, 0.5) is 5.69 Å². The standard InChI is InChI=1S/C7H6ClN3O2/c8-6-2-1-5-4-10(12)9-11(13)7(5)3-6/h1-4,9,13H. The van der Waals surface area contributed by atoms with E-state index in [1.807, 2.05) is 0 Å². The van der Waals surface area contributed by atoms with E-state index in [-0.39, 0.29) is 0 Å². The minimum absolute atomic E-state index is 0.399. The van der Waals surface area contributed by atoms with Gasteiger partial charge in [0.1, 0.15) is 5.69 Å². The van der Waals surface area contributed by atoms with Gasteiger partial charge in [-0.15, -0.1) is 5.17 Å². The van der Waals surface area contributed by atoms with E-state index in [9.17, 15) is 10.4 Å². The summed E-state index contributed by atoms with van der Waals surface area (Å²) in [5, 5.41) is 21.2. The van der Waals surface area contributed by atoms with Gasteiger partial charge in [0.05, 0.1) is 5.56 Å². The fourth-order valence-electron chi connectivity index (χ4n) is 1.11. The Morgan fingerprint density at radius 1 is 1.54 bits per heavy atom. The number of anilines is 1. The van der Waals surface area contributed by atoms with Crippen molar-refractivity contribution in [1.82, 2.24) is 5.53 Å². The first-order chi connectivity index (χ1) is 6.16. The van der Waals surface area contributed by atoms with Crippen LogP contribution in [0.1, 0.15) is 5.56 Å². The van der Waals surface area contributed by atoms with Gasteiger partial charge in [0.2, 0.25) is 6.21 Å². The zero-order valence-electron chi connectivity index (χ0n) is 6.44. The number of fused-ring (bicyclic) bond motifs is 1. The van der Waals surface area contributed by atoms with E-state index in [1.165, 1.54) is 6.21 Å². The van der Waals surface area contributed by atoms with Crippen molar-refractivity contribution >= 4 is 23.5 Å². The predicted octanol–water partition coefficient (Wildman–Crippen LogP) is 0.898. The lowest BCUT2D eigenvalue weighted by molar-refractivity contribution is -0.531. The molecule has 6 heteroatoms. The van der Waals surface area contributed by atoms with Crippen molar-refractivity contribution in [3.8, 4) is 0 Å². The molecule has 1 aliphatic heterocycles. The van der Waals surface area contributed by atoms with Crippen LogP contribution in [-0.2, 0) is 0 Å². The quantitative estimate of drug-likeness (QED) is 0.481. The fraction of sp³-hybridized carbons (Fsp3) is 0. The number of nitrogens with one attached hydrogen (secondary N) is 1. The molecule has 0 unspecified atom stereocenters. The molecule has 1 aliphatic rings. The normalized spacial score (nSPS) is 14.6. The van der Waals surface area contributed by atoms with Gasteiger partial charge < -0.3 is 5.21 Å². The van der Waals surface area contributed by atoms with Gasteiger partial charge in [-0.3, -0.25) is 5.21 Å². The second kappa shape index (κ2) is 2.79. The average molecular weight is 200 g/mol. The van der Waals surface area contributed by atoms with Crippen LogP contribution in [0, 0.1) is 5.21 Å². The van der Waals surface area contributed by atoms with Crippen molar-refractivity contribution in [3.63, 3.8) is 0 Å². The average Bonchev–Trinajstić information content (AvgIpc) is 2.06. The first-order valence-electron chi connectivity index (χ1n) is 3.53. The molecule has 0 spiro atoms. The predicted molar refractivity (Wildman–Crippen MR) is 47.6 cm³/mol. The zero-order valence-corrected chi connectivity index (χ0v) is 7.19. The maximum atomic E-state index is 10.8. The lowest BCUT2D eigenvalue weighted by Crippen LogP contribution is -2.44. The summed E-state index contributed by atoms with van der Waals surface area (Å²) in [4.78, 5) is 0.399. The van der Waals surface area contributed by atoms with Gasteiger partial charge in [-0.05, 0) is 18.2 Å². The summed E-state index contributed by atoms with van der Waals surface area (Å²) >= 11 is 5.71. The summed E-state index contributed by atoms with van der Waals surface area (Å²) in [6, 6.07) is 4.84. The Hall–Kier alpha value is -1.46. The lowest BCUT2D eigenvalue weighted by Gasteiger charge is -2.21. The van der Waals surface area contributed by atoms with E-state index in [2.05, 4.69) is 5.53 Å². The molecule has 0 fully saturated rings. The molecule has 0 saturated heterocycles. The summed E-state index contributed by atoms with van der Waals surface area (Å²) in [5.41, 5.74) is 3.16. The molecule has 0 amide bonds. The molecule has 0 bridgehead atoms. The van der Waals surface area contributed by atoms with Gasteiger partial charge in [-0.25, -0.2) is 0 Å². The van der Waals surface area contributed by atoms with Crippen LogP contribution in [0.15, 0.2) is 18.2 Å². The van der Waals surface area contributed by atoms with E-state index in [4.69, 9.17) is 11.6 Å². The number of halogens is 1. The highest BCUT2D eigenvalue weighted by Crippen LogP contribution is 2.22. The van der Waals surface area contributed by atoms with Crippen LogP contribution in [0.25, 0.3) is 0 Å². The monoisotopic (exact) mass is 199 g/mol. The first kappa shape index (κ1) is 8.15. The zero-order chi connectivity index (χ0) is 9.42. The molecule has 1 aromatic carbocycles. The minimum Gasteiger partial charge on any atom is -0.595 e. The Balaban J connectivity index is 2.56. The van der Waals surface area contributed by atoms with E-state index in [0.29, 0.717) is 26.3 Å². The van der Waals surface area contributed by atoms with Gasteiger partial charge in [0, 0.05) is 5.02 Å². The molecule has 0 aliphatic carbocycles. The fourth-order valence-corrected chi connectivity index (χ4v) is 1.28. The van der Waals surface area contributed by atoms with Crippen LogP contribution >= 0.6 is 11.6 Å². The van der Waals surface area contributed by atoms with Crippen molar-refractivity contribution in [2.24, 2.45) is 0 Å². The Morgan fingerprint density at radius 2 is 2.31 bits per heavy atom. The smallest absolute Gasteiger partial charge is 0.218 e. The number of nitrogens with zero attached hydrogens (tertiary/aromatic N) is 2. The molecule has 5 nitrogen and oxygen atoms in total. The number of benzene rings is 1. The Bertz CT molecular complexity index is 380. The van der Waals surface area contributed by atoms with Crippen molar-refractivity contribution in [2.45, 2.75) is 0 Å². The highest BCUT2D eigenvalue weighted by molar-refractivity contribution is 6.31. The van der Waals surface area contributed by atoms with E-state index >= 15 is 0 Å². The van der Waals surface area contributed by atoms with E-state index in [0.717, 1.165) is 0 Å². The van der Waals surface area contributed by atoms with Gasteiger partial charge in [0.25, 0.3) is 0 Å². The number of hydrogen-bond acceptors (Lipinski definition) is 4. The van der Waals surface area contributed by atoms with Gasteiger partial charge in [0.15, 0.2) is 0 Å². The summed E-state index contributed by atoms with van der Waals surface area (Å²) < 4.78 is 0. The SMILES string of the molecule is [O-][N+]1=Cc2ccc(Cl)cc2N(O)N1. The number of hydrogen-bond donors (Lipinski definition) is 2. The summed E-state index contributed by atoms with van der Waals surface area (Å²) in [5.74, 6) is 0. The second-order valence-corrected chi connectivity index (χ2v) is 3.01. The lowest BCUT2D eigenvalue weighted by atomic mass is 10.2.